The molecule has 0 spiro atoms. The maximum absolute atomic E-state index is 12.6. The predicted octanol–water partition coefficient (Wildman–Crippen LogP) is 2.77. The van der Waals surface area contributed by atoms with Crippen LogP contribution in [0.25, 0.3) is 0 Å². The Morgan fingerprint density at radius 2 is 1.81 bits per heavy atom. The molecule has 0 aliphatic carbocycles. The van der Waals surface area contributed by atoms with Crippen LogP contribution < -0.4 is 24.8 Å². The molecule has 2 N–H and O–H groups in total. The highest BCUT2D eigenvalue weighted by Gasteiger charge is 2.23. The first kappa shape index (κ1) is 22.1. The van der Waals surface area contributed by atoms with Crippen molar-refractivity contribution in [2.75, 3.05) is 20.3 Å². The Bertz CT molecular complexity index is 956. The average molecular weight is 425 g/mol. The van der Waals surface area contributed by atoms with Crippen LogP contribution in [0, 0.1) is 0 Å². The summed E-state index contributed by atoms with van der Waals surface area (Å²) in [7, 11) is 1.59. The summed E-state index contributed by atoms with van der Waals surface area (Å²) < 4.78 is 16.3. The molecule has 0 aromatic heterocycles. The van der Waals surface area contributed by atoms with Crippen molar-refractivity contribution >= 4 is 17.8 Å². The number of carbonyl (C=O) groups is 2. The molecule has 2 amide bonds. The summed E-state index contributed by atoms with van der Waals surface area (Å²) in [5.74, 6) is 1.62. The molecular weight excluding hydrogens is 398 g/mol. The van der Waals surface area contributed by atoms with Crippen molar-refractivity contribution in [1.29, 1.82) is 0 Å². The molecule has 0 fully saturated rings. The molecular formula is C23H27N3O5. The topological polar surface area (TPSA) is 98.3 Å². The Balaban J connectivity index is 1.69. The molecule has 1 aliphatic rings. The molecule has 2 aromatic carbocycles. The molecule has 164 valence electrons. The van der Waals surface area contributed by atoms with Crippen molar-refractivity contribution in [1.82, 2.24) is 10.6 Å². The maximum Gasteiger partial charge on any atom is 0.231 e. The lowest BCUT2D eigenvalue weighted by molar-refractivity contribution is -0.120. The van der Waals surface area contributed by atoms with Gasteiger partial charge in [0.2, 0.25) is 17.8 Å². The lowest BCUT2D eigenvalue weighted by atomic mass is 10.0. The fourth-order valence-electron chi connectivity index (χ4n) is 3.24. The van der Waals surface area contributed by atoms with Crippen LogP contribution in [-0.2, 0) is 16.0 Å². The zero-order valence-electron chi connectivity index (χ0n) is 17.9. The quantitative estimate of drug-likeness (QED) is 0.678. The molecule has 2 aromatic rings. The second-order valence-electron chi connectivity index (χ2n) is 6.89. The molecule has 1 heterocycles. The molecule has 0 saturated heterocycles. The Hall–Kier alpha value is -3.55. The minimum absolute atomic E-state index is 0.106. The second-order valence-corrected chi connectivity index (χ2v) is 6.89. The number of nitrogens with zero attached hydrogens (tertiary/aromatic N) is 1. The van der Waals surface area contributed by atoms with Gasteiger partial charge in [0.1, 0.15) is 5.75 Å². The van der Waals surface area contributed by atoms with Crippen LogP contribution in [0.4, 0.5) is 0 Å². The number of guanidine groups is 1. The van der Waals surface area contributed by atoms with E-state index >= 15 is 0 Å². The summed E-state index contributed by atoms with van der Waals surface area (Å²) >= 11 is 0. The zero-order chi connectivity index (χ0) is 22.2. The molecule has 3 rings (SSSR count). The van der Waals surface area contributed by atoms with Gasteiger partial charge in [-0.15, -0.1) is 0 Å². The SMILES string of the molecule is CCOc1ccc(CC(=O)NC2=N[C@H](c3ccc(OC)cc3)CC(=O)N2)cc1OCC. The number of aliphatic imine (C=N–C) groups is 1. The first-order chi connectivity index (χ1) is 15.0. The summed E-state index contributed by atoms with van der Waals surface area (Å²) in [6, 6.07) is 12.4. The first-order valence-corrected chi connectivity index (χ1v) is 10.2. The molecule has 1 aliphatic heterocycles. The second kappa shape index (κ2) is 10.5. The first-order valence-electron chi connectivity index (χ1n) is 10.2. The third-order valence-electron chi connectivity index (χ3n) is 4.65. The molecule has 1 atom stereocenters. The van der Waals surface area contributed by atoms with Crippen molar-refractivity contribution < 1.29 is 23.8 Å². The van der Waals surface area contributed by atoms with Gasteiger partial charge in [0, 0.05) is 0 Å². The van der Waals surface area contributed by atoms with Crippen molar-refractivity contribution in [2.45, 2.75) is 32.7 Å². The molecule has 8 heteroatoms. The van der Waals surface area contributed by atoms with E-state index < -0.39 is 0 Å². The maximum atomic E-state index is 12.6. The van der Waals surface area contributed by atoms with Crippen LogP contribution >= 0.6 is 0 Å². The Labute approximate surface area is 181 Å². The number of benzene rings is 2. The minimum Gasteiger partial charge on any atom is -0.497 e. The van der Waals surface area contributed by atoms with Crippen molar-refractivity contribution in [2.24, 2.45) is 4.99 Å². The zero-order valence-corrected chi connectivity index (χ0v) is 17.9. The molecule has 0 saturated carbocycles. The number of methoxy groups -OCH3 is 1. The predicted molar refractivity (Wildman–Crippen MR) is 117 cm³/mol. The normalized spacial score (nSPS) is 15.5. The van der Waals surface area contributed by atoms with Gasteiger partial charge in [-0.2, -0.15) is 0 Å². The molecule has 0 radical (unpaired) electrons. The number of amides is 2. The van der Waals surface area contributed by atoms with E-state index in [2.05, 4.69) is 15.6 Å². The van der Waals surface area contributed by atoms with E-state index in [-0.39, 0.29) is 36.7 Å². The average Bonchev–Trinajstić information content (AvgIpc) is 2.75. The summed E-state index contributed by atoms with van der Waals surface area (Å²) in [5.41, 5.74) is 1.63. The van der Waals surface area contributed by atoms with E-state index in [4.69, 9.17) is 14.2 Å². The number of carbonyl (C=O) groups excluding carboxylic acids is 2. The van der Waals surface area contributed by atoms with Crippen LogP contribution in [0.2, 0.25) is 0 Å². The van der Waals surface area contributed by atoms with E-state index in [1.807, 2.05) is 44.2 Å². The largest absolute Gasteiger partial charge is 0.497 e. The summed E-state index contributed by atoms with van der Waals surface area (Å²) in [6.45, 7) is 4.80. The van der Waals surface area contributed by atoms with Gasteiger partial charge in [-0.1, -0.05) is 18.2 Å². The highest BCUT2D eigenvalue weighted by Crippen LogP contribution is 2.29. The summed E-state index contributed by atoms with van der Waals surface area (Å²) in [4.78, 5) is 29.2. The fourth-order valence-corrected chi connectivity index (χ4v) is 3.24. The molecule has 8 nitrogen and oxygen atoms in total. The van der Waals surface area contributed by atoms with Gasteiger partial charge in [-0.25, -0.2) is 4.99 Å². The van der Waals surface area contributed by atoms with Crippen LogP contribution in [-0.4, -0.2) is 38.1 Å². The number of hydrogen-bond donors (Lipinski definition) is 2. The van der Waals surface area contributed by atoms with E-state index in [1.165, 1.54) is 0 Å². The summed E-state index contributed by atoms with van der Waals surface area (Å²) in [5, 5.41) is 5.32. The van der Waals surface area contributed by atoms with Gasteiger partial charge in [0.15, 0.2) is 11.5 Å². The molecule has 31 heavy (non-hydrogen) atoms. The number of ether oxygens (including phenoxy) is 3. The van der Waals surface area contributed by atoms with Crippen LogP contribution in [0.5, 0.6) is 17.2 Å². The standard InChI is InChI=1S/C23H27N3O5/c1-4-30-19-11-6-15(12-20(19)31-5-2)13-21(27)25-23-24-18(14-22(28)26-23)16-7-9-17(29-3)10-8-16/h6-12,18H,4-5,13-14H2,1-3H3,(H2,24,25,26,27,28)/t18-/m0/s1. The monoisotopic (exact) mass is 425 g/mol. The Morgan fingerprint density at radius 1 is 1.10 bits per heavy atom. The third-order valence-corrected chi connectivity index (χ3v) is 4.65. The van der Waals surface area contributed by atoms with E-state index in [0.29, 0.717) is 24.7 Å². The van der Waals surface area contributed by atoms with Gasteiger partial charge in [-0.05, 0) is 49.2 Å². The lowest BCUT2D eigenvalue weighted by Gasteiger charge is -2.21. The van der Waals surface area contributed by atoms with Crippen LogP contribution in [0.3, 0.4) is 0 Å². The van der Waals surface area contributed by atoms with Gasteiger partial charge < -0.3 is 14.2 Å². The number of hydrogen-bond acceptors (Lipinski definition) is 6. The minimum atomic E-state index is -0.370. The van der Waals surface area contributed by atoms with Crippen LogP contribution in [0.15, 0.2) is 47.5 Å². The van der Waals surface area contributed by atoms with Crippen molar-refractivity contribution in [3.8, 4) is 17.2 Å². The van der Waals surface area contributed by atoms with Crippen LogP contribution in [0.1, 0.15) is 37.4 Å². The van der Waals surface area contributed by atoms with Gasteiger partial charge in [0.05, 0.1) is 39.2 Å². The molecule has 0 unspecified atom stereocenters. The highest BCUT2D eigenvalue weighted by molar-refractivity contribution is 6.06. The number of rotatable bonds is 8. The fraction of sp³-hybridized carbons (Fsp3) is 0.348. The lowest BCUT2D eigenvalue weighted by Crippen LogP contribution is -2.47. The van der Waals surface area contributed by atoms with Gasteiger partial charge >= 0.3 is 0 Å². The molecule has 0 bridgehead atoms. The van der Waals surface area contributed by atoms with E-state index in [1.54, 1.807) is 19.2 Å². The Morgan fingerprint density at radius 3 is 2.48 bits per heavy atom. The summed E-state index contributed by atoms with van der Waals surface area (Å²) in [6.07, 6.45) is 0.316. The van der Waals surface area contributed by atoms with Gasteiger partial charge in [0.25, 0.3) is 0 Å². The number of nitrogens with one attached hydrogen (secondary N) is 2. The van der Waals surface area contributed by atoms with Crippen molar-refractivity contribution in [3.05, 3.63) is 53.6 Å². The van der Waals surface area contributed by atoms with E-state index in [0.717, 1.165) is 16.9 Å². The van der Waals surface area contributed by atoms with Gasteiger partial charge in [-0.3, -0.25) is 20.2 Å². The smallest absolute Gasteiger partial charge is 0.231 e. The van der Waals surface area contributed by atoms with E-state index in [9.17, 15) is 9.59 Å². The Kier molecular flexibility index (Phi) is 7.48. The third kappa shape index (κ3) is 5.97. The van der Waals surface area contributed by atoms with Crippen molar-refractivity contribution in [3.63, 3.8) is 0 Å². The highest BCUT2D eigenvalue weighted by atomic mass is 16.5.